The third kappa shape index (κ3) is 4.59. The van der Waals surface area contributed by atoms with Gasteiger partial charge in [-0.2, -0.15) is 13.2 Å². The molecule has 2 aromatic carbocycles. The minimum absolute atomic E-state index is 0.0441. The SMILES string of the molecule is CN1C(=O)C[C@@](C)(c2ccc3sc4ccc(C(F)(F)F)cc4c3c2)N/C1=N/C(=O)OC(C)(C)C. The number of thiophene rings is 1. The Hall–Kier alpha value is -3.14. The van der Waals surface area contributed by atoms with Crippen molar-refractivity contribution in [3.8, 4) is 0 Å². The van der Waals surface area contributed by atoms with Crippen LogP contribution in [0, 0.1) is 0 Å². The average molecular weight is 492 g/mol. The molecule has 1 fully saturated rings. The molecular weight excluding hydrogens is 467 g/mol. The molecule has 1 aliphatic heterocycles. The molecule has 1 N–H and O–H groups in total. The maximum Gasteiger partial charge on any atom is 0.437 e. The van der Waals surface area contributed by atoms with E-state index in [9.17, 15) is 22.8 Å². The first-order valence-electron chi connectivity index (χ1n) is 10.6. The van der Waals surface area contributed by atoms with E-state index in [1.807, 2.05) is 12.1 Å². The van der Waals surface area contributed by atoms with Gasteiger partial charge in [0.1, 0.15) is 5.60 Å². The van der Waals surface area contributed by atoms with E-state index in [-0.39, 0.29) is 18.3 Å². The number of benzene rings is 2. The summed E-state index contributed by atoms with van der Waals surface area (Å²) in [6, 6.07) is 9.18. The fraction of sp³-hybridized carbons (Fsp3) is 0.375. The van der Waals surface area contributed by atoms with E-state index >= 15 is 0 Å². The van der Waals surface area contributed by atoms with Crippen LogP contribution < -0.4 is 5.32 Å². The van der Waals surface area contributed by atoms with E-state index in [4.69, 9.17) is 4.74 Å². The van der Waals surface area contributed by atoms with Gasteiger partial charge in [-0.25, -0.2) is 4.79 Å². The van der Waals surface area contributed by atoms with Gasteiger partial charge in [-0.3, -0.25) is 9.69 Å². The van der Waals surface area contributed by atoms with Crippen molar-refractivity contribution >= 4 is 49.5 Å². The van der Waals surface area contributed by atoms with E-state index in [1.165, 1.54) is 29.4 Å². The number of hydrogen-bond donors (Lipinski definition) is 1. The summed E-state index contributed by atoms with van der Waals surface area (Å²) in [5, 5.41) is 4.33. The number of amides is 2. The smallest absolute Gasteiger partial charge is 0.437 e. The maximum atomic E-state index is 13.3. The molecule has 34 heavy (non-hydrogen) atoms. The number of hydrogen-bond acceptors (Lipinski definition) is 4. The second-order valence-electron chi connectivity index (χ2n) is 9.52. The monoisotopic (exact) mass is 491 g/mol. The summed E-state index contributed by atoms with van der Waals surface area (Å²) in [6.07, 6.45) is -5.21. The van der Waals surface area contributed by atoms with Crippen LogP contribution in [0.15, 0.2) is 41.4 Å². The lowest BCUT2D eigenvalue weighted by Gasteiger charge is -2.40. The Morgan fingerprint density at radius 2 is 1.74 bits per heavy atom. The van der Waals surface area contributed by atoms with Crippen molar-refractivity contribution < 1.29 is 27.5 Å². The molecule has 1 atom stereocenters. The Balaban J connectivity index is 1.76. The summed E-state index contributed by atoms with van der Waals surface area (Å²) in [5.41, 5.74) is -1.71. The molecule has 2 heterocycles. The quantitative estimate of drug-likeness (QED) is 0.451. The first-order chi connectivity index (χ1) is 15.7. The van der Waals surface area contributed by atoms with Crippen molar-refractivity contribution in [3.05, 3.63) is 47.5 Å². The number of fused-ring (bicyclic) bond motifs is 3. The number of rotatable bonds is 1. The number of halogens is 3. The van der Waals surface area contributed by atoms with Crippen molar-refractivity contribution in [1.82, 2.24) is 10.2 Å². The molecule has 0 unspecified atom stereocenters. The number of alkyl halides is 3. The largest absolute Gasteiger partial charge is 0.442 e. The minimum atomic E-state index is -4.44. The first-order valence-corrected chi connectivity index (χ1v) is 11.4. The average Bonchev–Trinajstić information content (AvgIpc) is 3.07. The van der Waals surface area contributed by atoms with Crippen molar-refractivity contribution in [2.45, 2.75) is 51.4 Å². The third-order valence-electron chi connectivity index (χ3n) is 5.61. The van der Waals surface area contributed by atoms with E-state index in [2.05, 4.69) is 10.3 Å². The number of nitrogens with zero attached hydrogens (tertiary/aromatic N) is 2. The van der Waals surface area contributed by atoms with Gasteiger partial charge in [0, 0.05) is 27.2 Å². The third-order valence-corrected chi connectivity index (χ3v) is 6.76. The molecule has 0 spiro atoms. The number of carbonyl (C=O) groups is 2. The van der Waals surface area contributed by atoms with E-state index in [1.54, 1.807) is 33.8 Å². The highest BCUT2D eigenvalue weighted by Crippen LogP contribution is 2.40. The van der Waals surface area contributed by atoms with Gasteiger partial charge in [0.25, 0.3) is 0 Å². The summed E-state index contributed by atoms with van der Waals surface area (Å²) < 4.78 is 46.7. The van der Waals surface area contributed by atoms with Gasteiger partial charge in [0.15, 0.2) is 0 Å². The fourth-order valence-electron chi connectivity index (χ4n) is 3.86. The second kappa shape index (κ2) is 7.97. The topological polar surface area (TPSA) is 71.0 Å². The zero-order valence-corrected chi connectivity index (χ0v) is 20.1. The molecule has 2 amide bonds. The Labute approximate surface area is 198 Å². The van der Waals surface area contributed by atoms with Crippen molar-refractivity contribution in [2.24, 2.45) is 4.99 Å². The molecule has 1 saturated heterocycles. The summed E-state index contributed by atoms with van der Waals surface area (Å²) in [5.74, 6) is -0.221. The lowest BCUT2D eigenvalue weighted by atomic mass is 9.86. The van der Waals surface area contributed by atoms with Crippen LogP contribution in [0.3, 0.4) is 0 Å². The lowest BCUT2D eigenvalue weighted by molar-refractivity contribution is -0.137. The van der Waals surface area contributed by atoms with Crippen LogP contribution in [-0.2, 0) is 21.2 Å². The fourth-order valence-corrected chi connectivity index (χ4v) is 4.93. The number of aliphatic imine (C=N–C) groups is 1. The number of ether oxygens (including phenoxy) is 1. The van der Waals surface area contributed by atoms with Gasteiger partial charge in [-0.1, -0.05) is 6.07 Å². The molecule has 0 bridgehead atoms. The molecule has 1 aliphatic rings. The molecule has 3 aromatic rings. The number of nitrogens with one attached hydrogen (secondary N) is 1. The highest BCUT2D eigenvalue weighted by Gasteiger charge is 2.39. The van der Waals surface area contributed by atoms with Crippen LogP contribution in [0.2, 0.25) is 0 Å². The van der Waals surface area contributed by atoms with Crippen LogP contribution in [0.25, 0.3) is 20.2 Å². The Bertz CT molecular complexity index is 1340. The van der Waals surface area contributed by atoms with Gasteiger partial charge in [-0.05, 0) is 63.6 Å². The van der Waals surface area contributed by atoms with Crippen LogP contribution >= 0.6 is 11.3 Å². The molecule has 4 rings (SSSR count). The van der Waals surface area contributed by atoms with Gasteiger partial charge < -0.3 is 10.1 Å². The predicted molar refractivity (Wildman–Crippen MR) is 126 cm³/mol. The van der Waals surface area contributed by atoms with E-state index < -0.39 is 29.0 Å². The summed E-state index contributed by atoms with van der Waals surface area (Å²) in [6.45, 7) is 6.92. The highest BCUT2D eigenvalue weighted by atomic mass is 32.1. The zero-order valence-electron chi connectivity index (χ0n) is 19.3. The molecule has 0 aliphatic carbocycles. The Morgan fingerprint density at radius 1 is 1.12 bits per heavy atom. The summed E-state index contributed by atoms with van der Waals surface area (Å²) in [4.78, 5) is 30.2. The minimum Gasteiger partial charge on any atom is -0.442 e. The lowest BCUT2D eigenvalue weighted by Crippen LogP contribution is -2.58. The second-order valence-corrected chi connectivity index (χ2v) is 10.6. The Kier molecular flexibility index (Phi) is 5.63. The first kappa shape index (κ1) is 24.0. The predicted octanol–water partition coefficient (Wildman–Crippen LogP) is 6.03. The Morgan fingerprint density at radius 3 is 2.35 bits per heavy atom. The molecule has 6 nitrogen and oxygen atoms in total. The number of carbonyl (C=O) groups excluding carboxylic acids is 2. The van der Waals surface area contributed by atoms with Crippen molar-refractivity contribution in [1.29, 1.82) is 0 Å². The van der Waals surface area contributed by atoms with Crippen LogP contribution in [0.4, 0.5) is 18.0 Å². The van der Waals surface area contributed by atoms with E-state index in [0.717, 1.165) is 21.5 Å². The van der Waals surface area contributed by atoms with Gasteiger partial charge in [0.2, 0.25) is 11.9 Å². The summed E-state index contributed by atoms with van der Waals surface area (Å²) in [7, 11) is 1.51. The van der Waals surface area contributed by atoms with Crippen LogP contribution in [-0.4, -0.2) is 35.5 Å². The molecule has 0 saturated carbocycles. The van der Waals surface area contributed by atoms with Gasteiger partial charge in [0.05, 0.1) is 17.5 Å². The normalized spacial score (nSPS) is 20.8. The summed E-state index contributed by atoms with van der Waals surface area (Å²) >= 11 is 1.40. The standard InChI is InChI=1S/C24H24F3N3O3S/c1-22(2,3)33-21(32)28-20-29-23(4,12-19(31)30(20)5)13-6-8-17-15(10-13)16-11-14(24(25,26)27)7-9-18(16)34-17/h6-11H,12H2,1-5H3,(H,28,29,32)/t23-/m0/s1. The van der Waals surface area contributed by atoms with Crippen LogP contribution in [0.5, 0.6) is 0 Å². The number of guanidine groups is 1. The molecular formula is C24H24F3N3O3S. The molecule has 10 heteroatoms. The van der Waals surface area contributed by atoms with E-state index in [0.29, 0.717) is 16.3 Å². The van der Waals surface area contributed by atoms with Gasteiger partial charge in [-0.15, -0.1) is 16.3 Å². The van der Waals surface area contributed by atoms with Crippen molar-refractivity contribution in [2.75, 3.05) is 7.05 Å². The van der Waals surface area contributed by atoms with Gasteiger partial charge >= 0.3 is 12.3 Å². The zero-order chi connectivity index (χ0) is 25.1. The van der Waals surface area contributed by atoms with Crippen molar-refractivity contribution in [3.63, 3.8) is 0 Å². The molecule has 180 valence electrons. The highest BCUT2D eigenvalue weighted by molar-refractivity contribution is 7.25. The molecule has 0 radical (unpaired) electrons. The molecule has 1 aromatic heterocycles. The van der Waals surface area contributed by atoms with Crippen LogP contribution in [0.1, 0.15) is 45.2 Å². The maximum absolute atomic E-state index is 13.3.